The Bertz CT molecular complexity index is 1190. The summed E-state index contributed by atoms with van der Waals surface area (Å²) in [5, 5.41) is 11.1. The van der Waals surface area contributed by atoms with Gasteiger partial charge in [0.25, 0.3) is 5.91 Å². The standard InChI is InChI=1S/C22H17ClFN5O/c1-14-4-7-17(8-5-14)29-21(16-3-2-10-25-13-16)20(27-28-29)22(30)26-12-15-6-9-19(24)18(23)11-15/h2-11,13H,12H2,1H3,(H,26,30). The predicted octanol–water partition coefficient (Wildman–Crippen LogP) is 4.36. The second kappa shape index (κ2) is 8.42. The molecule has 0 aliphatic rings. The molecule has 0 unspecified atom stereocenters. The van der Waals surface area contributed by atoms with Gasteiger partial charge in [-0.25, -0.2) is 9.07 Å². The Morgan fingerprint density at radius 2 is 1.97 bits per heavy atom. The van der Waals surface area contributed by atoms with Crippen molar-refractivity contribution in [2.24, 2.45) is 0 Å². The number of rotatable bonds is 5. The van der Waals surface area contributed by atoms with Crippen LogP contribution in [0.15, 0.2) is 67.0 Å². The van der Waals surface area contributed by atoms with E-state index >= 15 is 0 Å². The molecule has 1 N–H and O–H groups in total. The molecule has 6 nitrogen and oxygen atoms in total. The van der Waals surface area contributed by atoms with Gasteiger partial charge in [-0.3, -0.25) is 9.78 Å². The van der Waals surface area contributed by atoms with E-state index in [1.165, 1.54) is 12.1 Å². The Hall–Kier alpha value is -3.58. The van der Waals surface area contributed by atoms with Gasteiger partial charge in [0.1, 0.15) is 11.5 Å². The summed E-state index contributed by atoms with van der Waals surface area (Å²) in [6.07, 6.45) is 3.31. The number of carbonyl (C=O) groups is 1. The number of amides is 1. The lowest BCUT2D eigenvalue weighted by molar-refractivity contribution is 0.0946. The molecular formula is C22H17ClFN5O. The van der Waals surface area contributed by atoms with Gasteiger partial charge in [-0.15, -0.1) is 5.10 Å². The zero-order valence-electron chi connectivity index (χ0n) is 16.0. The van der Waals surface area contributed by atoms with Crippen molar-refractivity contribution >= 4 is 17.5 Å². The summed E-state index contributed by atoms with van der Waals surface area (Å²) in [7, 11) is 0. The van der Waals surface area contributed by atoms with Gasteiger partial charge in [-0.05, 0) is 48.9 Å². The van der Waals surface area contributed by atoms with Crippen LogP contribution in [0, 0.1) is 12.7 Å². The first-order valence-electron chi connectivity index (χ1n) is 9.18. The number of aromatic nitrogens is 4. The molecule has 2 heterocycles. The highest BCUT2D eigenvalue weighted by Crippen LogP contribution is 2.25. The first-order valence-corrected chi connectivity index (χ1v) is 9.56. The minimum Gasteiger partial charge on any atom is -0.346 e. The number of carbonyl (C=O) groups excluding carboxylic acids is 1. The van der Waals surface area contributed by atoms with E-state index < -0.39 is 11.7 Å². The maximum Gasteiger partial charge on any atom is 0.274 e. The Labute approximate surface area is 177 Å². The molecule has 4 rings (SSSR count). The zero-order valence-corrected chi connectivity index (χ0v) is 16.8. The summed E-state index contributed by atoms with van der Waals surface area (Å²) in [6.45, 7) is 2.16. The van der Waals surface area contributed by atoms with E-state index in [-0.39, 0.29) is 17.3 Å². The maximum atomic E-state index is 13.3. The van der Waals surface area contributed by atoms with Crippen molar-refractivity contribution < 1.29 is 9.18 Å². The molecule has 0 aliphatic heterocycles. The normalized spacial score (nSPS) is 10.8. The third-order valence-electron chi connectivity index (χ3n) is 4.54. The van der Waals surface area contributed by atoms with E-state index in [1.54, 1.807) is 29.2 Å². The molecule has 2 aromatic heterocycles. The van der Waals surface area contributed by atoms with E-state index in [0.29, 0.717) is 16.8 Å². The molecule has 0 aliphatic carbocycles. The van der Waals surface area contributed by atoms with Crippen molar-refractivity contribution in [3.05, 3.63) is 94.7 Å². The van der Waals surface area contributed by atoms with E-state index in [2.05, 4.69) is 20.6 Å². The summed E-state index contributed by atoms with van der Waals surface area (Å²) in [6, 6.07) is 15.7. The number of hydrogen-bond acceptors (Lipinski definition) is 4. The maximum absolute atomic E-state index is 13.3. The van der Waals surface area contributed by atoms with Crippen LogP contribution >= 0.6 is 11.6 Å². The highest BCUT2D eigenvalue weighted by Gasteiger charge is 2.22. The first kappa shape index (κ1) is 19.7. The van der Waals surface area contributed by atoms with Crippen molar-refractivity contribution in [3.8, 4) is 16.9 Å². The number of pyridine rings is 1. The van der Waals surface area contributed by atoms with Gasteiger partial charge in [0.15, 0.2) is 5.69 Å². The van der Waals surface area contributed by atoms with Gasteiger partial charge in [0, 0.05) is 24.5 Å². The zero-order chi connectivity index (χ0) is 21.1. The third kappa shape index (κ3) is 4.06. The summed E-state index contributed by atoms with van der Waals surface area (Å²) < 4.78 is 15.0. The van der Waals surface area contributed by atoms with E-state index in [9.17, 15) is 9.18 Å². The SMILES string of the molecule is Cc1ccc(-n2nnc(C(=O)NCc3ccc(F)c(Cl)c3)c2-c2cccnc2)cc1. The summed E-state index contributed by atoms with van der Waals surface area (Å²) in [5.74, 6) is -0.917. The van der Waals surface area contributed by atoms with Crippen LogP contribution < -0.4 is 5.32 Å². The van der Waals surface area contributed by atoms with E-state index in [0.717, 1.165) is 11.3 Å². The van der Waals surface area contributed by atoms with Crippen molar-refractivity contribution in [1.82, 2.24) is 25.3 Å². The second-order valence-corrected chi connectivity index (χ2v) is 7.11. The van der Waals surface area contributed by atoms with Crippen LogP contribution in [-0.2, 0) is 6.54 Å². The molecule has 0 saturated heterocycles. The van der Waals surface area contributed by atoms with Gasteiger partial charge >= 0.3 is 0 Å². The number of benzene rings is 2. The van der Waals surface area contributed by atoms with Crippen LogP contribution in [-0.4, -0.2) is 25.9 Å². The van der Waals surface area contributed by atoms with Gasteiger partial charge in [0.2, 0.25) is 0 Å². The molecule has 8 heteroatoms. The van der Waals surface area contributed by atoms with Crippen LogP contribution in [0.2, 0.25) is 5.02 Å². The highest BCUT2D eigenvalue weighted by molar-refractivity contribution is 6.30. The van der Waals surface area contributed by atoms with Gasteiger partial charge in [-0.1, -0.05) is 40.6 Å². The van der Waals surface area contributed by atoms with E-state index in [1.807, 2.05) is 37.3 Å². The van der Waals surface area contributed by atoms with Crippen LogP contribution in [0.3, 0.4) is 0 Å². The van der Waals surface area contributed by atoms with Gasteiger partial charge in [-0.2, -0.15) is 0 Å². The molecule has 0 radical (unpaired) electrons. The molecule has 150 valence electrons. The largest absolute Gasteiger partial charge is 0.346 e. The lowest BCUT2D eigenvalue weighted by Gasteiger charge is -2.09. The lowest BCUT2D eigenvalue weighted by Crippen LogP contribution is -2.24. The summed E-state index contributed by atoms with van der Waals surface area (Å²) in [4.78, 5) is 17.1. The summed E-state index contributed by atoms with van der Waals surface area (Å²) >= 11 is 5.81. The van der Waals surface area contributed by atoms with Gasteiger partial charge < -0.3 is 5.32 Å². The quantitative estimate of drug-likeness (QED) is 0.519. The molecule has 2 aromatic carbocycles. The van der Waals surface area contributed by atoms with Crippen LogP contribution in [0.4, 0.5) is 4.39 Å². The third-order valence-corrected chi connectivity index (χ3v) is 4.83. The van der Waals surface area contributed by atoms with Crippen molar-refractivity contribution in [1.29, 1.82) is 0 Å². The fourth-order valence-electron chi connectivity index (χ4n) is 2.98. The van der Waals surface area contributed by atoms with Crippen molar-refractivity contribution in [2.45, 2.75) is 13.5 Å². The number of halogens is 2. The number of nitrogens with zero attached hydrogens (tertiary/aromatic N) is 4. The van der Waals surface area contributed by atoms with Crippen LogP contribution in [0.5, 0.6) is 0 Å². The molecule has 0 saturated carbocycles. The van der Waals surface area contributed by atoms with Crippen molar-refractivity contribution in [3.63, 3.8) is 0 Å². The number of hydrogen-bond donors (Lipinski definition) is 1. The fraction of sp³-hybridized carbons (Fsp3) is 0.0909. The Kier molecular flexibility index (Phi) is 5.54. The molecule has 0 spiro atoms. The molecule has 0 bridgehead atoms. The topological polar surface area (TPSA) is 72.7 Å². The summed E-state index contributed by atoms with van der Waals surface area (Å²) in [5.41, 5.74) is 3.95. The molecule has 4 aromatic rings. The molecule has 1 amide bonds. The minimum absolute atomic E-state index is 0.00288. The molecular weight excluding hydrogens is 405 g/mol. The number of nitrogens with one attached hydrogen (secondary N) is 1. The van der Waals surface area contributed by atoms with Crippen LogP contribution in [0.1, 0.15) is 21.6 Å². The van der Waals surface area contributed by atoms with Crippen molar-refractivity contribution in [2.75, 3.05) is 0 Å². The lowest BCUT2D eigenvalue weighted by atomic mass is 10.1. The second-order valence-electron chi connectivity index (χ2n) is 6.71. The Morgan fingerprint density at radius 1 is 1.17 bits per heavy atom. The van der Waals surface area contributed by atoms with Crippen LogP contribution in [0.25, 0.3) is 16.9 Å². The average Bonchev–Trinajstić information content (AvgIpc) is 3.21. The smallest absolute Gasteiger partial charge is 0.274 e. The first-order chi connectivity index (χ1) is 14.5. The molecule has 0 fully saturated rings. The molecule has 30 heavy (non-hydrogen) atoms. The predicted molar refractivity (Wildman–Crippen MR) is 112 cm³/mol. The Morgan fingerprint density at radius 3 is 2.67 bits per heavy atom. The Balaban J connectivity index is 1.67. The fourth-order valence-corrected chi connectivity index (χ4v) is 3.18. The number of aryl methyl sites for hydroxylation is 1. The van der Waals surface area contributed by atoms with E-state index in [4.69, 9.17) is 11.6 Å². The average molecular weight is 422 g/mol. The molecule has 0 atom stereocenters. The monoisotopic (exact) mass is 421 g/mol. The highest BCUT2D eigenvalue weighted by atomic mass is 35.5. The minimum atomic E-state index is -0.508. The van der Waals surface area contributed by atoms with Gasteiger partial charge in [0.05, 0.1) is 10.7 Å².